The van der Waals surface area contributed by atoms with E-state index in [2.05, 4.69) is 0 Å². The van der Waals surface area contributed by atoms with Crippen LogP contribution in [0.2, 0.25) is 0 Å². The molecule has 0 aromatic heterocycles. The number of carbonyl (C=O) groups is 2. The van der Waals surface area contributed by atoms with Gasteiger partial charge in [0.25, 0.3) is 0 Å². The maximum Gasteiger partial charge on any atom is 0.319 e. The average molecular weight is 421 g/mol. The van der Waals surface area contributed by atoms with E-state index in [9.17, 15) is 9.59 Å². The highest BCUT2D eigenvalue weighted by molar-refractivity contribution is 5.98. The van der Waals surface area contributed by atoms with Gasteiger partial charge in [-0.15, -0.1) is 0 Å². The first-order valence-electron chi connectivity index (χ1n) is 10.7. The fourth-order valence-electron chi connectivity index (χ4n) is 5.17. The van der Waals surface area contributed by atoms with Gasteiger partial charge < -0.3 is 14.2 Å². The van der Waals surface area contributed by atoms with Gasteiger partial charge in [-0.25, -0.2) is 4.99 Å². The number of ether oxygens (including phenoxy) is 3. The van der Waals surface area contributed by atoms with Crippen molar-refractivity contribution in [3.8, 4) is 0 Å². The third-order valence-electron chi connectivity index (χ3n) is 6.30. The third kappa shape index (κ3) is 3.04. The van der Waals surface area contributed by atoms with E-state index >= 15 is 0 Å². The highest BCUT2D eigenvalue weighted by atomic mass is 16.6. The van der Waals surface area contributed by atoms with E-state index in [0.717, 1.165) is 11.1 Å². The molecule has 0 unspecified atom stereocenters. The molecule has 0 saturated heterocycles. The van der Waals surface area contributed by atoms with E-state index in [-0.39, 0.29) is 18.4 Å². The van der Waals surface area contributed by atoms with E-state index in [1.165, 1.54) is 6.92 Å². The zero-order valence-electron chi connectivity index (χ0n) is 18.0. The SMILES string of the molecule is CCOC(=O)[C@]12C[C@H](c3ccccc3)[C@@]1(c1ccccc1)N=C(OCC)[C@@H]2OC(C)=O. The minimum atomic E-state index is -1.19. The molecule has 162 valence electrons. The van der Waals surface area contributed by atoms with Crippen molar-refractivity contribution >= 4 is 17.8 Å². The summed E-state index contributed by atoms with van der Waals surface area (Å²) in [4.78, 5) is 30.7. The highest BCUT2D eigenvalue weighted by Crippen LogP contribution is 2.71. The Morgan fingerprint density at radius 2 is 1.65 bits per heavy atom. The second kappa shape index (κ2) is 8.17. The van der Waals surface area contributed by atoms with E-state index in [4.69, 9.17) is 19.2 Å². The summed E-state index contributed by atoms with van der Waals surface area (Å²) < 4.78 is 17.1. The van der Waals surface area contributed by atoms with Crippen LogP contribution < -0.4 is 0 Å². The summed E-state index contributed by atoms with van der Waals surface area (Å²) >= 11 is 0. The lowest BCUT2D eigenvalue weighted by Crippen LogP contribution is -2.66. The molecule has 2 aromatic rings. The van der Waals surface area contributed by atoms with E-state index in [1.807, 2.05) is 67.6 Å². The highest BCUT2D eigenvalue weighted by Gasteiger charge is 2.80. The fraction of sp³-hybridized carbons (Fsp3) is 0.400. The molecule has 6 heteroatoms. The Balaban J connectivity index is 1.97. The Labute approximate surface area is 182 Å². The number of hydrogen-bond donors (Lipinski definition) is 0. The quantitative estimate of drug-likeness (QED) is 0.659. The van der Waals surface area contributed by atoms with Crippen LogP contribution in [0.25, 0.3) is 0 Å². The molecule has 0 spiro atoms. The van der Waals surface area contributed by atoms with Gasteiger partial charge in [-0.3, -0.25) is 9.59 Å². The maximum atomic E-state index is 13.6. The van der Waals surface area contributed by atoms with Crippen molar-refractivity contribution in [1.29, 1.82) is 0 Å². The first kappa shape index (κ1) is 21.1. The monoisotopic (exact) mass is 421 g/mol. The molecule has 1 aliphatic carbocycles. The molecule has 0 N–H and O–H groups in total. The fourth-order valence-corrected chi connectivity index (χ4v) is 5.17. The molecular weight excluding hydrogens is 394 g/mol. The van der Waals surface area contributed by atoms with Gasteiger partial charge >= 0.3 is 11.9 Å². The molecule has 4 atom stereocenters. The van der Waals surface area contributed by atoms with Gasteiger partial charge in [0.2, 0.25) is 5.90 Å². The molecule has 0 amide bonds. The maximum absolute atomic E-state index is 13.6. The van der Waals surface area contributed by atoms with Crippen molar-refractivity contribution in [1.82, 2.24) is 0 Å². The lowest BCUT2D eigenvalue weighted by atomic mass is 9.44. The van der Waals surface area contributed by atoms with Crippen LogP contribution in [0, 0.1) is 5.41 Å². The predicted octanol–water partition coefficient (Wildman–Crippen LogP) is 4.00. The Morgan fingerprint density at radius 1 is 1.00 bits per heavy atom. The number of carbonyl (C=O) groups excluding carboxylic acids is 2. The molecule has 2 aliphatic rings. The summed E-state index contributed by atoms with van der Waals surface area (Å²) in [6.07, 6.45) is -0.507. The van der Waals surface area contributed by atoms with Crippen LogP contribution in [-0.2, 0) is 29.3 Å². The predicted molar refractivity (Wildman–Crippen MR) is 116 cm³/mol. The lowest BCUT2D eigenvalue weighted by Gasteiger charge is -2.58. The van der Waals surface area contributed by atoms with Crippen LogP contribution in [0.5, 0.6) is 0 Å². The van der Waals surface area contributed by atoms with Gasteiger partial charge in [-0.05, 0) is 31.4 Å². The van der Waals surface area contributed by atoms with Crippen molar-refractivity contribution in [2.24, 2.45) is 10.4 Å². The summed E-state index contributed by atoms with van der Waals surface area (Å²) in [5.41, 5.74) is -0.252. The van der Waals surface area contributed by atoms with E-state index in [1.54, 1.807) is 6.92 Å². The van der Waals surface area contributed by atoms with E-state index in [0.29, 0.717) is 13.0 Å². The van der Waals surface area contributed by atoms with Crippen molar-refractivity contribution in [2.45, 2.75) is 44.8 Å². The Morgan fingerprint density at radius 3 is 2.23 bits per heavy atom. The molecule has 31 heavy (non-hydrogen) atoms. The first-order chi connectivity index (χ1) is 15.0. The van der Waals surface area contributed by atoms with Crippen LogP contribution in [-0.4, -0.2) is 37.2 Å². The van der Waals surface area contributed by atoms with Crippen molar-refractivity contribution in [2.75, 3.05) is 13.2 Å². The van der Waals surface area contributed by atoms with Crippen LogP contribution in [0.3, 0.4) is 0 Å². The van der Waals surface area contributed by atoms with Crippen molar-refractivity contribution in [3.05, 3.63) is 71.8 Å². The summed E-state index contributed by atoms with van der Waals surface area (Å²) in [6.45, 7) is 5.51. The molecule has 1 aliphatic heterocycles. The number of nitrogens with zero attached hydrogens (tertiary/aromatic N) is 1. The molecule has 6 nitrogen and oxygen atoms in total. The minimum Gasteiger partial charge on any atom is -0.479 e. The average Bonchev–Trinajstić information content (AvgIpc) is 2.95. The van der Waals surface area contributed by atoms with Crippen LogP contribution in [0.1, 0.15) is 44.2 Å². The van der Waals surface area contributed by atoms with Gasteiger partial charge in [0.15, 0.2) is 6.10 Å². The summed E-state index contributed by atoms with van der Waals surface area (Å²) in [6, 6.07) is 19.7. The number of aliphatic imine (C=N–C) groups is 1. The topological polar surface area (TPSA) is 74.2 Å². The first-order valence-corrected chi connectivity index (χ1v) is 10.7. The smallest absolute Gasteiger partial charge is 0.319 e. The lowest BCUT2D eigenvalue weighted by molar-refractivity contribution is -0.189. The van der Waals surface area contributed by atoms with Gasteiger partial charge in [0.1, 0.15) is 11.0 Å². The summed E-state index contributed by atoms with van der Waals surface area (Å²) in [5.74, 6) is -0.742. The molecule has 2 aromatic carbocycles. The number of fused-ring (bicyclic) bond motifs is 1. The van der Waals surface area contributed by atoms with Gasteiger partial charge in [-0.2, -0.15) is 0 Å². The second-order valence-electron chi connectivity index (χ2n) is 7.86. The molecule has 1 heterocycles. The molecule has 0 bridgehead atoms. The minimum absolute atomic E-state index is 0.100. The van der Waals surface area contributed by atoms with Crippen LogP contribution in [0.4, 0.5) is 0 Å². The zero-order chi connectivity index (χ0) is 22.1. The summed E-state index contributed by atoms with van der Waals surface area (Å²) in [5, 5.41) is 0. The molecule has 1 saturated carbocycles. The standard InChI is InChI=1S/C25H27NO5/c1-4-29-22-21(31-17(3)27)24(23(28)30-5-2)16-20(18-12-8-6-9-13-18)25(24,26-22)19-14-10-7-11-15-19/h6-15,20-21H,4-5,16H2,1-3H3/t20-,21+,24-,25-/m1/s1. The molecule has 1 fully saturated rings. The Kier molecular flexibility index (Phi) is 5.56. The third-order valence-corrected chi connectivity index (χ3v) is 6.30. The number of rotatable bonds is 6. The van der Waals surface area contributed by atoms with Gasteiger partial charge in [-0.1, -0.05) is 60.7 Å². The van der Waals surface area contributed by atoms with Crippen molar-refractivity contribution < 1.29 is 23.8 Å². The second-order valence-corrected chi connectivity index (χ2v) is 7.86. The Hall–Kier alpha value is -3.15. The number of hydrogen-bond acceptors (Lipinski definition) is 6. The number of benzene rings is 2. The van der Waals surface area contributed by atoms with Gasteiger partial charge in [0, 0.05) is 12.8 Å². The molecular formula is C25H27NO5. The largest absolute Gasteiger partial charge is 0.479 e. The van der Waals surface area contributed by atoms with Gasteiger partial charge in [0.05, 0.1) is 13.2 Å². The summed E-state index contributed by atoms with van der Waals surface area (Å²) in [7, 11) is 0. The number of esters is 2. The molecule has 0 radical (unpaired) electrons. The van der Waals surface area contributed by atoms with Crippen LogP contribution in [0.15, 0.2) is 65.7 Å². The van der Waals surface area contributed by atoms with Crippen molar-refractivity contribution in [3.63, 3.8) is 0 Å². The molecule has 4 rings (SSSR count). The normalized spacial score (nSPS) is 28.7. The Bertz CT molecular complexity index is 989. The zero-order valence-corrected chi connectivity index (χ0v) is 18.0. The van der Waals surface area contributed by atoms with Crippen LogP contribution >= 0.6 is 0 Å². The van der Waals surface area contributed by atoms with E-state index < -0.39 is 29.0 Å².